The third-order valence-corrected chi connectivity index (χ3v) is 5.53. The van der Waals surface area contributed by atoms with E-state index in [1.165, 1.54) is 25.7 Å². The zero-order valence-electron chi connectivity index (χ0n) is 16.6. The minimum atomic E-state index is -0.535. The highest BCUT2D eigenvalue weighted by atomic mass is 16.2. The summed E-state index contributed by atoms with van der Waals surface area (Å²) in [6, 6.07) is 7.48. The molecule has 1 aromatic carbocycles. The zero-order valence-corrected chi connectivity index (χ0v) is 16.6. The summed E-state index contributed by atoms with van der Waals surface area (Å²) in [7, 11) is 0. The Kier molecular flexibility index (Phi) is 5.59. The molecule has 8 nitrogen and oxygen atoms in total. The van der Waals surface area contributed by atoms with Crippen LogP contribution in [0.15, 0.2) is 36.7 Å². The molecule has 1 unspecified atom stereocenters. The molecule has 1 atom stereocenters. The lowest BCUT2D eigenvalue weighted by atomic mass is 10.1. The summed E-state index contributed by atoms with van der Waals surface area (Å²) < 4.78 is 2.08. The van der Waals surface area contributed by atoms with Gasteiger partial charge < -0.3 is 16.4 Å². The van der Waals surface area contributed by atoms with Crippen LogP contribution in [0, 0.1) is 0 Å². The second-order valence-corrected chi connectivity index (χ2v) is 7.68. The van der Waals surface area contributed by atoms with E-state index >= 15 is 0 Å². The summed E-state index contributed by atoms with van der Waals surface area (Å²) in [6.07, 6.45) is 11.1. The number of hydrogen-bond acceptors (Lipinski definition) is 5. The number of benzene rings is 1. The summed E-state index contributed by atoms with van der Waals surface area (Å²) >= 11 is 0. The van der Waals surface area contributed by atoms with Gasteiger partial charge in [-0.25, -0.2) is 14.5 Å². The highest BCUT2D eigenvalue weighted by Gasteiger charge is 2.18. The van der Waals surface area contributed by atoms with Gasteiger partial charge in [-0.2, -0.15) is 10.1 Å². The molecule has 8 heteroatoms. The summed E-state index contributed by atoms with van der Waals surface area (Å²) in [6.45, 7) is 1.89. The maximum atomic E-state index is 11.0. The van der Waals surface area contributed by atoms with E-state index < -0.39 is 6.03 Å². The number of nitrogens with zero attached hydrogens (tertiary/aromatic N) is 4. The van der Waals surface area contributed by atoms with E-state index in [4.69, 9.17) is 10.7 Å². The fourth-order valence-electron chi connectivity index (χ4n) is 3.95. The molecule has 0 spiro atoms. The van der Waals surface area contributed by atoms with Crippen LogP contribution in [0.3, 0.4) is 0 Å². The zero-order chi connectivity index (χ0) is 20.2. The number of urea groups is 1. The van der Waals surface area contributed by atoms with Crippen molar-refractivity contribution in [1.29, 1.82) is 0 Å². The average Bonchev–Trinajstić information content (AvgIpc) is 2.93. The van der Waals surface area contributed by atoms with Crippen LogP contribution in [0.25, 0.3) is 11.0 Å². The van der Waals surface area contributed by atoms with E-state index in [-0.39, 0.29) is 6.04 Å². The Balaban J connectivity index is 1.52. The Labute approximate surface area is 169 Å². The molecule has 4 rings (SSSR count). The van der Waals surface area contributed by atoms with Crippen LogP contribution in [-0.2, 0) is 0 Å². The monoisotopic (exact) mass is 393 g/mol. The molecule has 4 N–H and O–H groups in total. The molecule has 0 aliphatic heterocycles. The molecule has 2 aromatic heterocycles. The Morgan fingerprint density at radius 3 is 2.55 bits per heavy atom. The van der Waals surface area contributed by atoms with Crippen molar-refractivity contribution in [2.75, 3.05) is 5.32 Å². The van der Waals surface area contributed by atoms with Crippen LogP contribution in [0.2, 0.25) is 0 Å². The van der Waals surface area contributed by atoms with Gasteiger partial charge in [0.15, 0.2) is 5.65 Å². The SMILES string of the molecule is CC(NC(N)=O)c1ccc(Nc2ncc3cnn(C4CCCCCC4)c3n2)cc1. The summed E-state index contributed by atoms with van der Waals surface area (Å²) in [5.41, 5.74) is 7.91. The van der Waals surface area contributed by atoms with Gasteiger partial charge in [-0.3, -0.25) is 0 Å². The van der Waals surface area contributed by atoms with Crippen molar-refractivity contribution < 1.29 is 4.79 Å². The van der Waals surface area contributed by atoms with E-state index in [2.05, 4.69) is 25.4 Å². The lowest BCUT2D eigenvalue weighted by Crippen LogP contribution is -2.31. The van der Waals surface area contributed by atoms with Crippen molar-refractivity contribution in [2.45, 2.75) is 57.5 Å². The molecule has 2 heterocycles. The van der Waals surface area contributed by atoms with E-state index in [1.807, 2.05) is 43.6 Å². The average molecular weight is 393 g/mol. The first-order valence-corrected chi connectivity index (χ1v) is 10.2. The second kappa shape index (κ2) is 8.46. The smallest absolute Gasteiger partial charge is 0.312 e. The molecular weight excluding hydrogens is 366 g/mol. The number of hydrogen-bond donors (Lipinski definition) is 3. The van der Waals surface area contributed by atoms with E-state index in [9.17, 15) is 4.79 Å². The highest BCUT2D eigenvalue weighted by molar-refractivity contribution is 5.75. The van der Waals surface area contributed by atoms with Gasteiger partial charge in [-0.15, -0.1) is 0 Å². The van der Waals surface area contributed by atoms with Crippen LogP contribution < -0.4 is 16.4 Å². The number of aromatic nitrogens is 4. The molecular formula is C21H27N7O. The predicted octanol–water partition coefficient (Wildman–Crippen LogP) is 4.19. The molecule has 2 amide bonds. The molecule has 0 saturated heterocycles. The van der Waals surface area contributed by atoms with E-state index in [1.54, 1.807) is 0 Å². The largest absolute Gasteiger partial charge is 0.352 e. The number of carbonyl (C=O) groups is 1. The number of amides is 2. The van der Waals surface area contributed by atoms with Gasteiger partial charge in [0.05, 0.1) is 23.7 Å². The lowest BCUT2D eigenvalue weighted by molar-refractivity contribution is 0.246. The van der Waals surface area contributed by atoms with Crippen molar-refractivity contribution in [2.24, 2.45) is 5.73 Å². The highest BCUT2D eigenvalue weighted by Crippen LogP contribution is 2.29. The minimum absolute atomic E-state index is 0.150. The molecule has 0 radical (unpaired) electrons. The number of fused-ring (bicyclic) bond motifs is 1. The number of primary amides is 1. The van der Waals surface area contributed by atoms with Gasteiger partial charge in [-0.05, 0) is 37.5 Å². The van der Waals surface area contributed by atoms with Gasteiger partial charge in [0.25, 0.3) is 0 Å². The Hall–Kier alpha value is -3.16. The van der Waals surface area contributed by atoms with Gasteiger partial charge >= 0.3 is 6.03 Å². The van der Waals surface area contributed by atoms with Crippen molar-refractivity contribution >= 4 is 28.7 Å². The number of anilines is 2. The molecule has 0 bridgehead atoms. The Morgan fingerprint density at radius 1 is 1.14 bits per heavy atom. The fourth-order valence-corrected chi connectivity index (χ4v) is 3.95. The van der Waals surface area contributed by atoms with Gasteiger partial charge in [0, 0.05) is 11.9 Å². The molecule has 1 fully saturated rings. The molecule has 1 saturated carbocycles. The number of nitrogens with two attached hydrogens (primary N) is 1. The van der Waals surface area contributed by atoms with Gasteiger partial charge in [0.2, 0.25) is 5.95 Å². The van der Waals surface area contributed by atoms with Crippen LogP contribution in [0.4, 0.5) is 16.4 Å². The third kappa shape index (κ3) is 4.47. The molecule has 152 valence electrons. The van der Waals surface area contributed by atoms with Crippen LogP contribution in [0.5, 0.6) is 0 Å². The first kappa shape index (κ1) is 19.2. The van der Waals surface area contributed by atoms with Gasteiger partial charge in [0.1, 0.15) is 0 Å². The molecule has 1 aliphatic carbocycles. The van der Waals surface area contributed by atoms with Gasteiger partial charge in [-0.1, -0.05) is 37.8 Å². The molecule has 1 aliphatic rings. The summed E-state index contributed by atoms with van der Waals surface area (Å²) in [5.74, 6) is 0.545. The number of carbonyl (C=O) groups excluding carboxylic acids is 1. The Morgan fingerprint density at radius 2 is 1.86 bits per heavy atom. The van der Waals surface area contributed by atoms with Crippen molar-refractivity contribution in [3.63, 3.8) is 0 Å². The maximum Gasteiger partial charge on any atom is 0.312 e. The normalized spacial score (nSPS) is 16.3. The molecule has 29 heavy (non-hydrogen) atoms. The lowest BCUT2D eigenvalue weighted by Gasteiger charge is -2.15. The predicted molar refractivity (Wildman–Crippen MR) is 113 cm³/mol. The third-order valence-electron chi connectivity index (χ3n) is 5.53. The maximum absolute atomic E-state index is 11.0. The number of nitrogens with one attached hydrogen (secondary N) is 2. The van der Waals surface area contributed by atoms with Crippen molar-refractivity contribution in [3.05, 3.63) is 42.2 Å². The topological polar surface area (TPSA) is 111 Å². The number of rotatable bonds is 5. The second-order valence-electron chi connectivity index (χ2n) is 7.68. The van der Waals surface area contributed by atoms with Crippen molar-refractivity contribution in [3.8, 4) is 0 Å². The minimum Gasteiger partial charge on any atom is -0.352 e. The van der Waals surface area contributed by atoms with E-state index in [0.29, 0.717) is 12.0 Å². The van der Waals surface area contributed by atoms with Crippen LogP contribution in [0.1, 0.15) is 63.1 Å². The van der Waals surface area contributed by atoms with Crippen LogP contribution in [-0.4, -0.2) is 25.8 Å². The van der Waals surface area contributed by atoms with Crippen molar-refractivity contribution in [1.82, 2.24) is 25.1 Å². The molecule has 3 aromatic rings. The standard InChI is InChI=1S/C21H27N7O/c1-14(25-20(22)29)15-8-10-17(11-9-15)26-21-23-12-16-13-24-28(19(16)27-21)18-6-4-2-3-5-7-18/h8-14,18H,2-7H2,1H3,(H3,22,25,29)(H,23,26,27). The summed E-state index contributed by atoms with van der Waals surface area (Å²) in [5, 5.41) is 11.5. The quantitative estimate of drug-likeness (QED) is 0.563. The Bertz CT molecular complexity index is 974. The fraction of sp³-hybridized carbons (Fsp3) is 0.429. The van der Waals surface area contributed by atoms with Crippen LogP contribution >= 0.6 is 0 Å². The first-order valence-electron chi connectivity index (χ1n) is 10.2. The summed E-state index contributed by atoms with van der Waals surface area (Å²) in [4.78, 5) is 20.2. The van der Waals surface area contributed by atoms with E-state index in [0.717, 1.165) is 35.1 Å². The first-order chi connectivity index (χ1) is 14.1.